The van der Waals surface area contributed by atoms with Gasteiger partial charge in [-0.15, -0.1) is 0 Å². The molecule has 0 saturated carbocycles. The number of carbonyl (C=O) groups excluding carboxylic acids is 1. The van der Waals surface area contributed by atoms with E-state index in [1.165, 1.54) is 0 Å². The number of para-hydroxylation sites is 1. The largest absolute Gasteiger partial charge is 0.496 e. The van der Waals surface area contributed by atoms with Crippen LogP contribution in [-0.2, 0) is 11.2 Å². The van der Waals surface area contributed by atoms with E-state index in [1.54, 1.807) is 19.5 Å². The number of nitrogens with one attached hydrogen (secondary N) is 1. The lowest BCUT2D eigenvalue weighted by molar-refractivity contribution is -0.116. The van der Waals surface area contributed by atoms with Gasteiger partial charge in [-0.3, -0.25) is 14.8 Å². The maximum Gasteiger partial charge on any atom is 0.224 e. The molecule has 1 aromatic heterocycles. The van der Waals surface area contributed by atoms with E-state index in [4.69, 9.17) is 4.74 Å². The second kappa shape index (κ2) is 6.87. The molecule has 116 valence electrons. The molecular weight excluding hydrogens is 290 g/mol. The second-order valence-electron chi connectivity index (χ2n) is 5.12. The van der Waals surface area contributed by atoms with Gasteiger partial charge in [-0.2, -0.15) is 0 Å². The van der Waals surface area contributed by atoms with Crippen molar-refractivity contribution in [3.8, 4) is 5.75 Å². The number of aryl methyl sites for hydroxylation is 1. The van der Waals surface area contributed by atoms with Crippen LogP contribution in [0.5, 0.6) is 5.75 Å². The van der Waals surface area contributed by atoms with Crippen LogP contribution in [-0.4, -0.2) is 23.0 Å². The highest BCUT2D eigenvalue weighted by molar-refractivity contribution is 5.93. The molecule has 0 fully saturated rings. The van der Waals surface area contributed by atoms with Crippen LogP contribution in [0.1, 0.15) is 12.0 Å². The van der Waals surface area contributed by atoms with E-state index in [0.717, 1.165) is 28.0 Å². The summed E-state index contributed by atoms with van der Waals surface area (Å²) in [6.45, 7) is 0. The fraction of sp³-hybridized carbons (Fsp3) is 0.167. The van der Waals surface area contributed by atoms with Crippen molar-refractivity contribution in [1.29, 1.82) is 0 Å². The van der Waals surface area contributed by atoms with Crippen LogP contribution >= 0.6 is 0 Å². The Morgan fingerprint density at radius 2 is 1.87 bits per heavy atom. The quantitative estimate of drug-likeness (QED) is 0.786. The van der Waals surface area contributed by atoms with Crippen molar-refractivity contribution in [3.63, 3.8) is 0 Å². The van der Waals surface area contributed by atoms with Gasteiger partial charge in [0.2, 0.25) is 5.91 Å². The third kappa shape index (κ3) is 3.63. The van der Waals surface area contributed by atoms with Crippen molar-refractivity contribution in [2.45, 2.75) is 12.8 Å². The van der Waals surface area contributed by atoms with Crippen molar-refractivity contribution in [2.75, 3.05) is 12.4 Å². The normalized spacial score (nSPS) is 10.5. The van der Waals surface area contributed by atoms with Crippen molar-refractivity contribution < 1.29 is 9.53 Å². The van der Waals surface area contributed by atoms with Gasteiger partial charge in [0.25, 0.3) is 0 Å². The predicted octanol–water partition coefficient (Wildman–Crippen LogP) is 3.21. The molecule has 3 rings (SSSR count). The maximum absolute atomic E-state index is 12.1. The zero-order chi connectivity index (χ0) is 16.1. The number of carbonyl (C=O) groups is 1. The van der Waals surface area contributed by atoms with Crippen LogP contribution in [0.25, 0.3) is 11.0 Å². The smallest absolute Gasteiger partial charge is 0.224 e. The van der Waals surface area contributed by atoms with E-state index in [0.29, 0.717) is 12.8 Å². The average molecular weight is 307 g/mol. The molecule has 0 saturated heterocycles. The molecule has 1 N–H and O–H groups in total. The lowest BCUT2D eigenvalue weighted by Crippen LogP contribution is -2.12. The van der Waals surface area contributed by atoms with Gasteiger partial charge in [0.05, 0.1) is 18.1 Å². The summed E-state index contributed by atoms with van der Waals surface area (Å²) < 4.78 is 5.30. The molecule has 5 nitrogen and oxygen atoms in total. The van der Waals surface area contributed by atoms with Gasteiger partial charge in [0.1, 0.15) is 5.75 Å². The number of anilines is 1. The van der Waals surface area contributed by atoms with Crippen molar-refractivity contribution in [2.24, 2.45) is 0 Å². The summed E-state index contributed by atoms with van der Waals surface area (Å²) in [5.41, 5.74) is 3.31. The molecule has 0 bridgehead atoms. The average Bonchev–Trinajstić information content (AvgIpc) is 2.60. The van der Waals surface area contributed by atoms with E-state index in [1.807, 2.05) is 42.5 Å². The Hall–Kier alpha value is -2.95. The van der Waals surface area contributed by atoms with Crippen LogP contribution in [0.3, 0.4) is 0 Å². The van der Waals surface area contributed by atoms with Crippen molar-refractivity contribution in [1.82, 2.24) is 9.97 Å². The Kier molecular flexibility index (Phi) is 4.47. The minimum atomic E-state index is -0.0425. The van der Waals surface area contributed by atoms with Gasteiger partial charge in [-0.1, -0.05) is 18.2 Å². The molecule has 0 radical (unpaired) electrons. The van der Waals surface area contributed by atoms with Crippen LogP contribution in [0.4, 0.5) is 5.69 Å². The number of hydrogen-bond acceptors (Lipinski definition) is 4. The monoisotopic (exact) mass is 307 g/mol. The molecule has 0 unspecified atom stereocenters. The molecule has 2 aromatic carbocycles. The molecule has 3 aromatic rings. The highest BCUT2D eigenvalue weighted by Gasteiger charge is 2.07. The summed E-state index contributed by atoms with van der Waals surface area (Å²) in [5.74, 6) is 0.764. The van der Waals surface area contributed by atoms with E-state index in [9.17, 15) is 4.79 Å². The van der Waals surface area contributed by atoms with Gasteiger partial charge in [0, 0.05) is 24.5 Å². The summed E-state index contributed by atoms with van der Waals surface area (Å²) in [5, 5.41) is 2.89. The number of fused-ring (bicyclic) bond motifs is 1. The molecule has 1 amide bonds. The van der Waals surface area contributed by atoms with Crippen LogP contribution in [0, 0.1) is 0 Å². The fourth-order valence-corrected chi connectivity index (χ4v) is 2.42. The number of amides is 1. The molecule has 1 heterocycles. The molecule has 0 aliphatic carbocycles. The standard InChI is InChI=1S/C18H17N3O2/c1-23-17-5-3-2-4-13(17)6-9-18(22)21-14-7-8-15-16(12-14)20-11-10-19-15/h2-5,7-8,10-12H,6,9H2,1H3,(H,21,22). The Balaban J connectivity index is 1.64. The SMILES string of the molecule is COc1ccccc1CCC(=O)Nc1ccc2nccnc2c1. The summed E-state index contributed by atoms with van der Waals surface area (Å²) in [6, 6.07) is 13.2. The lowest BCUT2D eigenvalue weighted by atomic mass is 10.1. The molecule has 0 aliphatic heterocycles. The van der Waals surface area contributed by atoms with Gasteiger partial charge in [-0.25, -0.2) is 0 Å². The van der Waals surface area contributed by atoms with E-state index < -0.39 is 0 Å². The first kappa shape index (κ1) is 15.0. The Bertz CT molecular complexity index is 833. The molecule has 0 spiro atoms. The van der Waals surface area contributed by atoms with Gasteiger partial charge in [0.15, 0.2) is 0 Å². The second-order valence-corrected chi connectivity index (χ2v) is 5.12. The topological polar surface area (TPSA) is 64.1 Å². The third-order valence-electron chi connectivity index (χ3n) is 3.57. The Morgan fingerprint density at radius 1 is 1.09 bits per heavy atom. The highest BCUT2D eigenvalue weighted by Crippen LogP contribution is 2.19. The molecule has 0 atom stereocenters. The lowest BCUT2D eigenvalue weighted by Gasteiger charge is -2.09. The van der Waals surface area contributed by atoms with E-state index >= 15 is 0 Å². The summed E-state index contributed by atoms with van der Waals surface area (Å²) in [7, 11) is 1.63. The zero-order valence-electron chi connectivity index (χ0n) is 12.8. The highest BCUT2D eigenvalue weighted by atomic mass is 16.5. The van der Waals surface area contributed by atoms with Crippen LogP contribution in [0.15, 0.2) is 54.9 Å². The van der Waals surface area contributed by atoms with Crippen LogP contribution < -0.4 is 10.1 Å². The summed E-state index contributed by atoms with van der Waals surface area (Å²) in [4.78, 5) is 20.6. The first-order valence-corrected chi connectivity index (χ1v) is 7.39. The number of ether oxygens (including phenoxy) is 1. The van der Waals surface area contributed by atoms with Gasteiger partial charge >= 0.3 is 0 Å². The summed E-state index contributed by atoms with van der Waals surface area (Å²) >= 11 is 0. The van der Waals surface area contributed by atoms with Crippen molar-refractivity contribution >= 4 is 22.6 Å². The zero-order valence-corrected chi connectivity index (χ0v) is 12.8. The molecule has 5 heteroatoms. The fourth-order valence-electron chi connectivity index (χ4n) is 2.42. The van der Waals surface area contributed by atoms with Gasteiger partial charge in [-0.05, 0) is 36.2 Å². The first-order chi connectivity index (χ1) is 11.3. The number of rotatable bonds is 5. The molecular formula is C18H17N3O2. The predicted molar refractivity (Wildman–Crippen MR) is 89.5 cm³/mol. The van der Waals surface area contributed by atoms with E-state index in [2.05, 4.69) is 15.3 Å². The Morgan fingerprint density at radius 3 is 2.70 bits per heavy atom. The van der Waals surface area contributed by atoms with Crippen molar-refractivity contribution in [3.05, 3.63) is 60.4 Å². The minimum absolute atomic E-state index is 0.0425. The molecule has 23 heavy (non-hydrogen) atoms. The third-order valence-corrected chi connectivity index (χ3v) is 3.57. The summed E-state index contributed by atoms with van der Waals surface area (Å²) in [6.07, 6.45) is 4.30. The number of aromatic nitrogens is 2. The number of hydrogen-bond donors (Lipinski definition) is 1. The number of benzene rings is 2. The van der Waals surface area contributed by atoms with E-state index in [-0.39, 0.29) is 5.91 Å². The Labute approximate surface area is 134 Å². The maximum atomic E-state index is 12.1. The minimum Gasteiger partial charge on any atom is -0.496 e. The van der Waals surface area contributed by atoms with Crippen LogP contribution in [0.2, 0.25) is 0 Å². The molecule has 0 aliphatic rings. The number of methoxy groups -OCH3 is 1. The van der Waals surface area contributed by atoms with Gasteiger partial charge < -0.3 is 10.1 Å². The first-order valence-electron chi connectivity index (χ1n) is 7.39. The number of nitrogens with zero attached hydrogens (tertiary/aromatic N) is 2.